The van der Waals surface area contributed by atoms with Gasteiger partial charge in [0.25, 0.3) is 0 Å². The number of nitrogens with zero attached hydrogens (tertiary/aromatic N) is 2. The maximum absolute atomic E-state index is 13.4. The zero-order valence-electron chi connectivity index (χ0n) is 10.0. The zero-order valence-corrected chi connectivity index (χ0v) is 10.0. The number of carbonyl (C=O) groups is 1. The van der Waals surface area contributed by atoms with Crippen molar-refractivity contribution in [3.63, 3.8) is 0 Å². The fraction of sp³-hybridized carbons (Fsp3) is 0.500. The van der Waals surface area contributed by atoms with Crippen LogP contribution in [0.3, 0.4) is 0 Å². The number of amides is 1. The third-order valence-electron chi connectivity index (χ3n) is 2.07. The number of nitrogens with one attached hydrogen (secondary N) is 3. The van der Waals surface area contributed by atoms with Gasteiger partial charge in [-0.05, 0) is 13.8 Å². The number of aromatic nitrogens is 2. The standard InChI is InChI=1S/C10H16FN5O/c1-4-13-10-14-5-7(11)8(16-10)15-6(2)9(17)12-3/h5-6H,4H2,1-3H3,(H,12,17)(H2,13,14,15,16). The fourth-order valence-electron chi connectivity index (χ4n) is 1.20. The Balaban J connectivity index is 2.82. The molecule has 17 heavy (non-hydrogen) atoms. The van der Waals surface area contributed by atoms with E-state index in [1.54, 1.807) is 6.92 Å². The Hall–Kier alpha value is -1.92. The average molecular weight is 241 g/mol. The molecule has 0 bridgehead atoms. The maximum Gasteiger partial charge on any atom is 0.241 e. The third-order valence-corrected chi connectivity index (χ3v) is 2.07. The van der Waals surface area contributed by atoms with Gasteiger partial charge in [-0.1, -0.05) is 0 Å². The van der Waals surface area contributed by atoms with Crippen molar-refractivity contribution in [3.8, 4) is 0 Å². The van der Waals surface area contributed by atoms with Gasteiger partial charge in [-0.2, -0.15) is 4.98 Å². The van der Waals surface area contributed by atoms with Crippen molar-refractivity contribution in [1.29, 1.82) is 0 Å². The summed E-state index contributed by atoms with van der Waals surface area (Å²) in [6.07, 6.45) is 1.06. The fourth-order valence-corrected chi connectivity index (χ4v) is 1.20. The molecule has 3 N–H and O–H groups in total. The summed E-state index contributed by atoms with van der Waals surface area (Å²) in [6.45, 7) is 4.14. The Morgan fingerprint density at radius 3 is 2.88 bits per heavy atom. The van der Waals surface area contributed by atoms with Crippen LogP contribution in [0.5, 0.6) is 0 Å². The van der Waals surface area contributed by atoms with Crippen molar-refractivity contribution in [2.45, 2.75) is 19.9 Å². The number of halogens is 1. The molecule has 1 amide bonds. The smallest absolute Gasteiger partial charge is 0.241 e. The average Bonchev–Trinajstić information content (AvgIpc) is 2.32. The van der Waals surface area contributed by atoms with E-state index in [4.69, 9.17) is 0 Å². The highest BCUT2D eigenvalue weighted by Crippen LogP contribution is 2.12. The quantitative estimate of drug-likeness (QED) is 0.703. The lowest BCUT2D eigenvalue weighted by Gasteiger charge is -2.13. The molecule has 0 radical (unpaired) electrons. The summed E-state index contributed by atoms with van der Waals surface area (Å²) in [5, 5.41) is 8.00. The van der Waals surface area contributed by atoms with Crippen LogP contribution in [0.15, 0.2) is 6.20 Å². The first-order valence-electron chi connectivity index (χ1n) is 5.33. The number of likely N-dealkylation sites (N-methyl/N-ethyl adjacent to an activating group) is 1. The summed E-state index contributed by atoms with van der Waals surface area (Å²) >= 11 is 0. The molecule has 0 spiro atoms. The van der Waals surface area contributed by atoms with Crippen LogP contribution < -0.4 is 16.0 Å². The highest BCUT2D eigenvalue weighted by Gasteiger charge is 2.14. The van der Waals surface area contributed by atoms with Gasteiger partial charge in [0.05, 0.1) is 6.20 Å². The Bertz CT molecular complexity index is 398. The van der Waals surface area contributed by atoms with Gasteiger partial charge in [0.1, 0.15) is 6.04 Å². The molecule has 0 fully saturated rings. The van der Waals surface area contributed by atoms with E-state index in [1.807, 2.05) is 6.92 Å². The van der Waals surface area contributed by atoms with Crippen LogP contribution >= 0.6 is 0 Å². The van der Waals surface area contributed by atoms with Crippen LogP contribution in [0.4, 0.5) is 16.2 Å². The van der Waals surface area contributed by atoms with Crippen molar-refractivity contribution in [1.82, 2.24) is 15.3 Å². The van der Waals surface area contributed by atoms with Crippen LogP contribution in [0.25, 0.3) is 0 Å². The lowest BCUT2D eigenvalue weighted by Crippen LogP contribution is -2.35. The zero-order chi connectivity index (χ0) is 12.8. The second kappa shape index (κ2) is 5.97. The molecular weight excluding hydrogens is 225 g/mol. The summed E-state index contributed by atoms with van der Waals surface area (Å²) in [4.78, 5) is 19.0. The van der Waals surface area contributed by atoms with Crippen molar-refractivity contribution in [3.05, 3.63) is 12.0 Å². The first kappa shape index (κ1) is 13.1. The van der Waals surface area contributed by atoms with E-state index in [-0.39, 0.29) is 11.7 Å². The minimum Gasteiger partial charge on any atom is -0.357 e. The van der Waals surface area contributed by atoms with Gasteiger partial charge in [-0.15, -0.1) is 0 Å². The number of hydrogen-bond donors (Lipinski definition) is 3. The molecule has 0 saturated heterocycles. The summed E-state index contributed by atoms with van der Waals surface area (Å²) in [6, 6.07) is -0.570. The lowest BCUT2D eigenvalue weighted by molar-refractivity contribution is -0.121. The second-order valence-corrected chi connectivity index (χ2v) is 3.40. The summed E-state index contributed by atoms with van der Waals surface area (Å²) < 4.78 is 13.4. The molecule has 0 aliphatic carbocycles. The molecule has 1 atom stereocenters. The van der Waals surface area contributed by atoms with Crippen LogP contribution in [0.1, 0.15) is 13.8 Å². The Morgan fingerprint density at radius 2 is 2.29 bits per heavy atom. The molecule has 1 aromatic heterocycles. The molecule has 0 aliphatic rings. The largest absolute Gasteiger partial charge is 0.357 e. The predicted molar refractivity (Wildman–Crippen MR) is 63.3 cm³/mol. The molecule has 1 unspecified atom stereocenters. The Kier molecular flexibility index (Phi) is 4.62. The normalized spacial score (nSPS) is 11.8. The first-order chi connectivity index (χ1) is 8.08. The minimum atomic E-state index is -0.595. The number of anilines is 2. The Morgan fingerprint density at radius 1 is 1.59 bits per heavy atom. The number of hydrogen-bond acceptors (Lipinski definition) is 5. The SMILES string of the molecule is CCNc1ncc(F)c(NC(C)C(=O)NC)n1. The molecule has 94 valence electrons. The molecule has 0 aliphatic heterocycles. The van der Waals surface area contributed by atoms with E-state index in [0.717, 1.165) is 6.20 Å². The van der Waals surface area contributed by atoms with Crippen molar-refractivity contribution >= 4 is 17.7 Å². The Labute approximate surface area is 99.0 Å². The van der Waals surface area contributed by atoms with Crippen molar-refractivity contribution in [2.24, 2.45) is 0 Å². The van der Waals surface area contributed by atoms with Gasteiger partial charge in [-0.3, -0.25) is 4.79 Å². The molecular formula is C10H16FN5O. The van der Waals surface area contributed by atoms with Crippen LogP contribution in [0, 0.1) is 5.82 Å². The third kappa shape index (κ3) is 3.54. The highest BCUT2D eigenvalue weighted by molar-refractivity contribution is 5.83. The van der Waals surface area contributed by atoms with Gasteiger partial charge in [0.2, 0.25) is 11.9 Å². The number of carbonyl (C=O) groups excluding carboxylic acids is 1. The first-order valence-corrected chi connectivity index (χ1v) is 5.33. The van der Waals surface area contributed by atoms with E-state index in [0.29, 0.717) is 12.5 Å². The van der Waals surface area contributed by atoms with E-state index < -0.39 is 11.9 Å². The monoisotopic (exact) mass is 241 g/mol. The van der Waals surface area contributed by atoms with Crippen LogP contribution in [-0.2, 0) is 4.79 Å². The van der Waals surface area contributed by atoms with E-state index in [1.165, 1.54) is 7.05 Å². The maximum atomic E-state index is 13.4. The van der Waals surface area contributed by atoms with E-state index in [2.05, 4.69) is 25.9 Å². The van der Waals surface area contributed by atoms with E-state index in [9.17, 15) is 9.18 Å². The van der Waals surface area contributed by atoms with Crippen LogP contribution in [0.2, 0.25) is 0 Å². The van der Waals surface area contributed by atoms with E-state index >= 15 is 0 Å². The minimum absolute atomic E-state index is 0.00653. The summed E-state index contributed by atoms with van der Waals surface area (Å²) in [5.74, 6) is -0.511. The highest BCUT2D eigenvalue weighted by atomic mass is 19.1. The topological polar surface area (TPSA) is 78.9 Å². The molecule has 0 aromatic carbocycles. The van der Waals surface area contributed by atoms with Gasteiger partial charge in [0, 0.05) is 13.6 Å². The molecule has 1 rings (SSSR count). The molecule has 0 saturated carbocycles. The van der Waals surface area contributed by atoms with Crippen LogP contribution in [-0.4, -0.2) is 35.5 Å². The van der Waals surface area contributed by atoms with Crippen molar-refractivity contribution < 1.29 is 9.18 Å². The van der Waals surface area contributed by atoms with Gasteiger partial charge in [-0.25, -0.2) is 9.37 Å². The summed E-state index contributed by atoms with van der Waals surface area (Å²) in [7, 11) is 1.51. The molecule has 1 heterocycles. The van der Waals surface area contributed by atoms with Gasteiger partial charge < -0.3 is 16.0 Å². The van der Waals surface area contributed by atoms with Crippen molar-refractivity contribution in [2.75, 3.05) is 24.2 Å². The summed E-state index contributed by atoms with van der Waals surface area (Å²) in [5.41, 5.74) is 0. The lowest BCUT2D eigenvalue weighted by atomic mass is 10.3. The second-order valence-electron chi connectivity index (χ2n) is 3.40. The van der Waals surface area contributed by atoms with Gasteiger partial charge >= 0.3 is 0 Å². The number of rotatable bonds is 5. The predicted octanol–water partition coefficient (Wildman–Crippen LogP) is 0.594. The molecule has 6 nitrogen and oxygen atoms in total. The molecule has 1 aromatic rings. The van der Waals surface area contributed by atoms with Gasteiger partial charge in [0.15, 0.2) is 11.6 Å². The molecule has 7 heteroatoms.